The molecule has 4 heterocycles. The number of amides is 2. The fraction of sp³-hybridized carbons (Fsp3) is 0.429. The lowest BCUT2D eigenvalue weighted by atomic mass is 9.91. The van der Waals surface area contributed by atoms with Crippen LogP contribution in [0.4, 0.5) is 10.7 Å². The number of nitrogens with zero attached hydrogens (tertiary/aromatic N) is 5. The van der Waals surface area contributed by atoms with Crippen molar-refractivity contribution in [1.82, 2.24) is 25.3 Å². The van der Waals surface area contributed by atoms with Gasteiger partial charge in [-0.1, -0.05) is 11.8 Å². The van der Waals surface area contributed by atoms with Crippen molar-refractivity contribution in [2.75, 3.05) is 24.2 Å². The van der Waals surface area contributed by atoms with Crippen molar-refractivity contribution in [3.8, 4) is 0 Å². The molecule has 162 valence electrons. The van der Waals surface area contributed by atoms with Crippen molar-refractivity contribution >= 4 is 46.7 Å². The first kappa shape index (κ1) is 21.8. The molecule has 2 aliphatic heterocycles. The van der Waals surface area contributed by atoms with E-state index in [0.717, 1.165) is 61.4 Å². The molecular formula is C21H24N6O2S2. The molecule has 2 saturated heterocycles. The minimum atomic E-state index is -0.373. The number of piperidine rings is 1. The highest BCUT2D eigenvalue weighted by Gasteiger charge is 2.25. The number of nitrogens with one attached hydrogen (secondary N) is 1. The third-order valence-corrected chi connectivity index (χ3v) is 6.77. The molecular weight excluding hydrogens is 432 g/mol. The van der Waals surface area contributed by atoms with E-state index < -0.39 is 0 Å². The predicted molar refractivity (Wildman–Crippen MR) is 123 cm³/mol. The van der Waals surface area contributed by atoms with Crippen LogP contribution in [0.5, 0.6) is 0 Å². The molecule has 0 unspecified atom stereocenters. The SMILES string of the molecule is CSc1nccc(CCCC2CCN(c3nccc(/C=C4\SC(=O)NC4=O)n3)CC2)n1. The van der Waals surface area contributed by atoms with E-state index in [2.05, 4.69) is 30.2 Å². The Morgan fingerprint density at radius 2 is 2.00 bits per heavy atom. The van der Waals surface area contributed by atoms with E-state index >= 15 is 0 Å². The Balaban J connectivity index is 1.27. The molecule has 2 aliphatic rings. The van der Waals surface area contributed by atoms with Gasteiger partial charge in [-0.25, -0.2) is 19.9 Å². The van der Waals surface area contributed by atoms with E-state index in [4.69, 9.17) is 0 Å². The van der Waals surface area contributed by atoms with E-state index in [9.17, 15) is 9.59 Å². The number of aromatic nitrogens is 4. The molecule has 4 rings (SSSR count). The predicted octanol–water partition coefficient (Wildman–Crippen LogP) is 3.55. The first-order chi connectivity index (χ1) is 15.1. The van der Waals surface area contributed by atoms with Crippen LogP contribution in [0.3, 0.4) is 0 Å². The fourth-order valence-electron chi connectivity index (χ4n) is 3.76. The summed E-state index contributed by atoms with van der Waals surface area (Å²) in [5, 5.41) is 2.74. The first-order valence-corrected chi connectivity index (χ1v) is 12.3. The Hall–Kier alpha value is -2.46. The van der Waals surface area contributed by atoms with Gasteiger partial charge in [0.05, 0.1) is 10.6 Å². The molecule has 1 N–H and O–H groups in total. The van der Waals surface area contributed by atoms with E-state index in [1.807, 2.05) is 18.5 Å². The molecule has 0 aromatic carbocycles. The van der Waals surface area contributed by atoms with Crippen LogP contribution < -0.4 is 10.2 Å². The second-order valence-corrected chi connectivity index (χ2v) is 9.28. The van der Waals surface area contributed by atoms with Crippen molar-refractivity contribution < 1.29 is 9.59 Å². The third kappa shape index (κ3) is 5.82. The molecule has 31 heavy (non-hydrogen) atoms. The van der Waals surface area contributed by atoms with Gasteiger partial charge in [0.2, 0.25) is 5.95 Å². The molecule has 10 heteroatoms. The van der Waals surface area contributed by atoms with Crippen LogP contribution in [0, 0.1) is 5.92 Å². The molecule has 0 atom stereocenters. The lowest BCUT2D eigenvalue weighted by molar-refractivity contribution is -0.115. The largest absolute Gasteiger partial charge is 0.341 e. The van der Waals surface area contributed by atoms with Gasteiger partial charge < -0.3 is 4.90 Å². The monoisotopic (exact) mass is 456 g/mol. The Bertz CT molecular complexity index is 991. The first-order valence-electron chi connectivity index (χ1n) is 10.3. The summed E-state index contributed by atoms with van der Waals surface area (Å²) in [5.41, 5.74) is 1.75. The lowest BCUT2D eigenvalue weighted by Crippen LogP contribution is -2.35. The van der Waals surface area contributed by atoms with Gasteiger partial charge in [0, 0.05) is 31.2 Å². The van der Waals surface area contributed by atoms with Crippen molar-refractivity contribution in [3.05, 3.63) is 40.8 Å². The van der Waals surface area contributed by atoms with Crippen LogP contribution >= 0.6 is 23.5 Å². The fourth-order valence-corrected chi connectivity index (χ4v) is 4.80. The molecule has 2 aromatic rings. The second kappa shape index (κ2) is 10.2. The number of imide groups is 1. The summed E-state index contributed by atoms with van der Waals surface area (Å²) in [6.45, 7) is 1.84. The number of rotatable bonds is 7. The molecule has 0 bridgehead atoms. The number of carbonyl (C=O) groups excluding carboxylic acids is 2. The van der Waals surface area contributed by atoms with E-state index in [-0.39, 0.29) is 11.1 Å². The lowest BCUT2D eigenvalue weighted by Gasteiger charge is -2.32. The molecule has 2 amide bonds. The molecule has 8 nitrogen and oxygen atoms in total. The number of aryl methyl sites for hydroxylation is 1. The summed E-state index contributed by atoms with van der Waals surface area (Å²) in [5.74, 6) is 1.00. The molecule has 2 fully saturated rings. The summed E-state index contributed by atoms with van der Waals surface area (Å²) in [4.78, 5) is 43.4. The Morgan fingerprint density at radius 1 is 1.19 bits per heavy atom. The average molecular weight is 457 g/mol. The quantitative estimate of drug-likeness (QED) is 0.381. The van der Waals surface area contributed by atoms with Gasteiger partial charge in [0.25, 0.3) is 11.1 Å². The average Bonchev–Trinajstić information content (AvgIpc) is 3.11. The van der Waals surface area contributed by atoms with Gasteiger partial charge >= 0.3 is 0 Å². The van der Waals surface area contributed by atoms with Crippen LogP contribution in [0.2, 0.25) is 0 Å². The summed E-state index contributed by atoms with van der Waals surface area (Å²) in [6.07, 6.45) is 12.7. The van der Waals surface area contributed by atoms with Crippen LogP contribution in [0.15, 0.2) is 34.6 Å². The standard InChI is InChI=1S/C21H24N6O2S2/c1-30-20-23-10-5-15(25-20)4-2-3-14-7-11-27(12-8-14)19-22-9-6-16(24-19)13-17-18(28)26-21(29)31-17/h5-6,9-10,13-14H,2-4,7-8,11-12H2,1H3,(H,26,28,29)/b17-13-. The Morgan fingerprint density at radius 3 is 2.74 bits per heavy atom. The Kier molecular flexibility index (Phi) is 7.18. The molecule has 0 aliphatic carbocycles. The number of carbonyl (C=O) groups is 2. The second-order valence-electron chi connectivity index (χ2n) is 7.49. The minimum absolute atomic E-state index is 0.350. The van der Waals surface area contributed by atoms with Crippen LogP contribution in [0.25, 0.3) is 6.08 Å². The highest BCUT2D eigenvalue weighted by atomic mass is 32.2. The van der Waals surface area contributed by atoms with Crippen LogP contribution in [0.1, 0.15) is 37.1 Å². The number of anilines is 1. The van der Waals surface area contributed by atoms with Crippen molar-refractivity contribution in [2.45, 2.75) is 37.3 Å². The highest BCUT2D eigenvalue weighted by Crippen LogP contribution is 2.27. The summed E-state index contributed by atoms with van der Waals surface area (Å²) in [6, 6.07) is 3.75. The maximum absolute atomic E-state index is 11.7. The molecule has 2 aromatic heterocycles. The number of hydrogen-bond donors (Lipinski definition) is 1. The third-order valence-electron chi connectivity index (χ3n) is 5.40. The Labute approximate surface area is 189 Å². The molecule has 0 radical (unpaired) electrons. The van der Waals surface area contributed by atoms with E-state index in [1.54, 1.807) is 30.1 Å². The summed E-state index contributed by atoms with van der Waals surface area (Å²) in [7, 11) is 0. The van der Waals surface area contributed by atoms with E-state index in [1.165, 1.54) is 6.42 Å². The topological polar surface area (TPSA) is 101 Å². The van der Waals surface area contributed by atoms with Gasteiger partial charge in [-0.2, -0.15) is 0 Å². The van der Waals surface area contributed by atoms with Gasteiger partial charge in [-0.3, -0.25) is 14.9 Å². The van der Waals surface area contributed by atoms with Gasteiger partial charge in [-0.15, -0.1) is 0 Å². The molecule has 0 saturated carbocycles. The van der Waals surface area contributed by atoms with Crippen molar-refractivity contribution in [3.63, 3.8) is 0 Å². The zero-order chi connectivity index (χ0) is 21.6. The number of hydrogen-bond acceptors (Lipinski definition) is 9. The van der Waals surface area contributed by atoms with Gasteiger partial charge in [0.15, 0.2) is 5.16 Å². The van der Waals surface area contributed by atoms with Crippen molar-refractivity contribution in [2.24, 2.45) is 5.92 Å². The smallest absolute Gasteiger partial charge is 0.290 e. The van der Waals surface area contributed by atoms with Crippen LogP contribution in [-0.4, -0.2) is 50.4 Å². The zero-order valence-electron chi connectivity index (χ0n) is 17.3. The van der Waals surface area contributed by atoms with Crippen LogP contribution in [-0.2, 0) is 11.2 Å². The zero-order valence-corrected chi connectivity index (χ0v) is 18.9. The van der Waals surface area contributed by atoms with E-state index in [0.29, 0.717) is 22.5 Å². The van der Waals surface area contributed by atoms with Gasteiger partial charge in [-0.05, 0) is 74.2 Å². The minimum Gasteiger partial charge on any atom is -0.341 e. The maximum Gasteiger partial charge on any atom is 0.290 e. The summed E-state index contributed by atoms with van der Waals surface area (Å²) < 4.78 is 0. The normalized spacial score (nSPS) is 18.6. The maximum atomic E-state index is 11.7. The molecule has 0 spiro atoms. The van der Waals surface area contributed by atoms with Crippen molar-refractivity contribution in [1.29, 1.82) is 0 Å². The summed E-state index contributed by atoms with van der Waals surface area (Å²) >= 11 is 2.47. The number of thioether (sulfide) groups is 2. The van der Waals surface area contributed by atoms with Gasteiger partial charge in [0.1, 0.15) is 0 Å². The highest BCUT2D eigenvalue weighted by molar-refractivity contribution is 8.18.